The fraction of sp³-hybridized carbons (Fsp3) is 0.350. The molecule has 0 atom stereocenters. The van der Waals surface area contributed by atoms with Crippen LogP contribution in [0.5, 0.6) is 0 Å². The molecule has 0 aliphatic heterocycles. The van der Waals surface area contributed by atoms with Gasteiger partial charge < -0.3 is 10.6 Å². The Morgan fingerprint density at radius 3 is 2.32 bits per heavy atom. The minimum Gasteiger partial charge on any atom is -0.376 e. The van der Waals surface area contributed by atoms with Crippen molar-refractivity contribution in [2.24, 2.45) is 0 Å². The van der Waals surface area contributed by atoms with E-state index in [2.05, 4.69) is 10.6 Å². The Kier molecular flexibility index (Phi) is 7.86. The van der Waals surface area contributed by atoms with E-state index in [9.17, 15) is 13.2 Å². The molecule has 0 saturated heterocycles. The minimum absolute atomic E-state index is 0.0260. The van der Waals surface area contributed by atoms with Gasteiger partial charge in [0.05, 0.1) is 11.6 Å². The number of halogens is 1. The van der Waals surface area contributed by atoms with Crippen LogP contribution in [0.2, 0.25) is 5.02 Å². The van der Waals surface area contributed by atoms with Crippen LogP contribution in [-0.4, -0.2) is 38.3 Å². The highest BCUT2D eigenvalue weighted by Gasteiger charge is 2.24. The number of aryl methyl sites for hydroxylation is 1. The Balaban J connectivity index is 2.01. The van der Waals surface area contributed by atoms with E-state index >= 15 is 0 Å². The minimum atomic E-state index is -3.68. The van der Waals surface area contributed by atoms with Crippen LogP contribution in [0.4, 0.5) is 5.69 Å². The zero-order chi connectivity index (χ0) is 20.7. The van der Waals surface area contributed by atoms with Crippen LogP contribution in [0.15, 0.2) is 47.4 Å². The molecule has 1 amide bonds. The quantitative estimate of drug-likeness (QED) is 0.647. The lowest BCUT2D eigenvalue weighted by atomic mass is 10.1. The van der Waals surface area contributed by atoms with Crippen LogP contribution in [0.3, 0.4) is 0 Å². The number of sulfonamides is 1. The number of amides is 1. The van der Waals surface area contributed by atoms with Crippen LogP contribution in [0.25, 0.3) is 0 Å². The molecule has 0 aromatic heterocycles. The van der Waals surface area contributed by atoms with E-state index in [-0.39, 0.29) is 22.4 Å². The Hall–Kier alpha value is -2.09. The lowest BCUT2D eigenvalue weighted by Gasteiger charge is -2.20. The molecule has 2 aromatic rings. The van der Waals surface area contributed by atoms with Gasteiger partial charge in [0.1, 0.15) is 4.90 Å². The van der Waals surface area contributed by atoms with E-state index in [1.165, 1.54) is 16.4 Å². The maximum absolute atomic E-state index is 12.7. The van der Waals surface area contributed by atoms with Crippen molar-refractivity contribution in [3.63, 3.8) is 0 Å². The van der Waals surface area contributed by atoms with Crippen molar-refractivity contribution in [2.75, 3.05) is 25.0 Å². The average Bonchev–Trinajstić information content (AvgIpc) is 2.67. The van der Waals surface area contributed by atoms with Crippen molar-refractivity contribution in [1.82, 2.24) is 9.62 Å². The van der Waals surface area contributed by atoms with Gasteiger partial charge in [-0.1, -0.05) is 55.3 Å². The number of hydrogen-bond acceptors (Lipinski definition) is 4. The fourth-order valence-electron chi connectivity index (χ4n) is 2.67. The molecule has 0 fully saturated rings. The summed E-state index contributed by atoms with van der Waals surface area (Å²) in [7, 11) is -3.68. The third kappa shape index (κ3) is 5.70. The molecule has 28 heavy (non-hydrogen) atoms. The number of benzene rings is 2. The van der Waals surface area contributed by atoms with E-state index in [4.69, 9.17) is 11.6 Å². The van der Waals surface area contributed by atoms with Gasteiger partial charge in [-0.15, -0.1) is 0 Å². The fourth-order valence-corrected chi connectivity index (χ4v) is 4.62. The molecule has 2 aromatic carbocycles. The highest BCUT2D eigenvalue weighted by molar-refractivity contribution is 7.89. The summed E-state index contributed by atoms with van der Waals surface area (Å²) in [5.41, 5.74) is 2.69. The summed E-state index contributed by atoms with van der Waals surface area (Å²) >= 11 is 6.12. The molecule has 8 heteroatoms. The normalized spacial score (nSPS) is 11.5. The number of nitrogens with zero attached hydrogens (tertiary/aromatic N) is 1. The van der Waals surface area contributed by atoms with Crippen molar-refractivity contribution in [3.05, 3.63) is 58.6 Å². The Morgan fingerprint density at radius 1 is 1.07 bits per heavy atom. The second-order valence-electron chi connectivity index (χ2n) is 6.35. The molecule has 0 heterocycles. The molecule has 2 rings (SSSR count). The van der Waals surface area contributed by atoms with Gasteiger partial charge in [0.25, 0.3) is 0 Å². The summed E-state index contributed by atoms with van der Waals surface area (Å²) in [5.74, 6) is -0.191. The van der Waals surface area contributed by atoms with Crippen LogP contribution in [0.1, 0.15) is 25.0 Å². The summed E-state index contributed by atoms with van der Waals surface area (Å²) in [6.45, 7) is 6.72. The highest BCUT2D eigenvalue weighted by Crippen LogP contribution is 2.27. The Labute approximate surface area is 171 Å². The van der Waals surface area contributed by atoms with Gasteiger partial charge in [0.2, 0.25) is 15.9 Å². The maximum Gasteiger partial charge on any atom is 0.244 e. The van der Waals surface area contributed by atoms with Gasteiger partial charge in [0.15, 0.2) is 0 Å². The van der Waals surface area contributed by atoms with Gasteiger partial charge in [0, 0.05) is 25.3 Å². The van der Waals surface area contributed by atoms with E-state index in [1.54, 1.807) is 19.9 Å². The lowest BCUT2D eigenvalue weighted by molar-refractivity contribution is -0.119. The van der Waals surface area contributed by atoms with Gasteiger partial charge >= 0.3 is 0 Å². The van der Waals surface area contributed by atoms with Gasteiger partial charge in [-0.2, -0.15) is 4.31 Å². The van der Waals surface area contributed by atoms with Crippen molar-refractivity contribution < 1.29 is 13.2 Å². The predicted molar refractivity (Wildman–Crippen MR) is 113 cm³/mol. The molecule has 0 aliphatic rings. The summed E-state index contributed by atoms with van der Waals surface area (Å²) < 4.78 is 26.8. The molecule has 152 valence electrons. The first kappa shape index (κ1) is 22.2. The number of nitrogens with one attached hydrogen (secondary N) is 2. The second-order valence-corrected chi connectivity index (χ2v) is 8.66. The van der Waals surface area contributed by atoms with E-state index in [1.807, 2.05) is 31.2 Å². The second kappa shape index (κ2) is 9.91. The van der Waals surface area contributed by atoms with Gasteiger partial charge in [-0.25, -0.2) is 8.42 Å². The topological polar surface area (TPSA) is 78.5 Å². The number of anilines is 1. The van der Waals surface area contributed by atoms with Crippen LogP contribution < -0.4 is 10.6 Å². The Morgan fingerprint density at radius 2 is 1.71 bits per heavy atom. The van der Waals surface area contributed by atoms with Crippen LogP contribution in [-0.2, 0) is 21.4 Å². The first-order valence-corrected chi connectivity index (χ1v) is 11.0. The number of rotatable bonds is 9. The number of hydrogen-bond donors (Lipinski definition) is 2. The third-order valence-corrected chi connectivity index (χ3v) is 6.85. The van der Waals surface area contributed by atoms with Gasteiger partial charge in [-0.3, -0.25) is 4.79 Å². The Bertz CT molecular complexity index is 911. The zero-order valence-electron chi connectivity index (χ0n) is 16.3. The largest absolute Gasteiger partial charge is 0.376 e. The molecule has 0 spiro atoms. The maximum atomic E-state index is 12.7. The van der Waals surface area contributed by atoms with Crippen LogP contribution >= 0.6 is 11.6 Å². The SMILES string of the molecule is CCN(CC)S(=O)(=O)c1cc(NCC(=O)NCc2ccc(C)cc2)ccc1Cl. The molecule has 0 saturated carbocycles. The van der Waals surface area contributed by atoms with Crippen molar-refractivity contribution in [3.8, 4) is 0 Å². The summed E-state index contributed by atoms with van der Waals surface area (Å²) in [6, 6.07) is 12.5. The van der Waals surface area contributed by atoms with Crippen LogP contribution in [0, 0.1) is 6.92 Å². The molecule has 6 nitrogen and oxygen atoms in total. The zero-order valence-corrected chi connectivity index (χ0v) is 17.9. The summed E-state index contributed by atoms with van der Waals surface area (Å²) in [4.78, 5) is 12.1. The number of carbonyl (C=O) groups is 1. The molecular weight excluding hydrogens is 398 g/mol. The summed E-state index contributed by atoms with van der Waals surface area (Å²) in [6.07, 6.45) is 0. The monoisotopic (exact) mass is 423 g/mol. The summed E-state index contributed by atoms with van der Waals surface area (Å²) in [5, 5.41) is 5.93. The van der Waals surface area contributed by atoms with Crippen molar-refractivity contribution >= 4 is 33.2 Å². The first-order chi connectivity index (χ1) is 13.3. The van der Waals surface area contributed by atoms with Gasteiger partial charge in [-0.05, 0) is 30.7 Å². The molecule has 2 N–H and O–H groups in total. The average molecular weight is 424 g/mol. The standard InChI is InChI=1S/C20H26ClN3O3S/c1-4-24(5-2)28(26,27)19-12-17(10-11-18(19)21)22-14-20(25)23-13-16-8-6-15(3)7-9-16/h6-12,22H,4-5,13-14H2,1-3H3,(H,23,25). The lowest BCUT2D eigenvalue weighted by Crippen LogP contribution is -2.31. The third-order valence-electron chi connectivity index (χ3n) is 4.32. The molecule has 0 aliphatic carbocycles. The molecular formula is C20H26ClN3O3S. The molecule has 0 bridgehead atoms. The van der Waals surface area contributed by atoms with Crippen molar-refractivity contribution in [2.45, 2.75) is 32.2 Å². The van der Waals surface area contributed by atoms with E-state index < -0.39 is 10.0 Å². The molecule has 0 unspecified atom stereocenters. The highest BCUT2D eigenvalue weighted by atomic mass is 35.5. The van der Waals surface area contributed by atoms with E-state index in [0.29, 0.717) is 25.3 Å². The smallest absolute Gasteiger partial charge is 0.244 e. The van der Waals surface area contributed by atoms with E-state index in [0.717, 1.165) is 11.1 Å². The van der Waals surface area contributed by atoms with Crippen molar-refractivity contribution in [1.29, 1.82) is 0 Å². The number of carbonyl (C=O) groups excluding carboxylic acids is 1. The predicted octanol–water partition coefficient (Wildman–Crippen LogP) is 3.41. The molecule has 0 radical (unpaired) electrons. The first-order valence-electron chi connectivity index (χ1n) is 9.13.